The van der Waals surface area contributed by atoms with Gasteiger partial charge in [0.05, 0.1) is 13.2 Å². The van der Waals surface area contributed by atoms with E-state index >= 15 is 0 Å². The van der Waals surface area contributed by atoms with Gasteiger partial charge in [-0.1, -0.05) is 12.1 Å². The molecule has 0 spiro atoms. The van der Waals surface area contributed by atoms with Gasteiger partial charge in [-0.3, -0.25) is 0 Å². The second kappa shape index (κ2) is 3.76. The predicted octanol–water partition coefficient (Wildman–Crippen LogP) is 1.19. The number of hydrogen-bond donors (Lipinski definition) is 2. The normalized spacial score (nSPS) is 19.6. The highest BCUT2D eigenvalue weighted by molar-refractivity contribution is 5.77. The summed E-state index contributed by atoms with van der Waals surface area (Å²) in [6, 6.07) is 4.18. The molecule has 5 heteroatoms. The lowest BCUT2D eigenvalue weighted by Crippen LogP contribution is -2.22. The average molecular weight is 210 g/mol. The number of para-hydroxylation sites is 1. The molecule has 2 rings (SSSR count). The standard InChI is InChI=1S/C10H11FN2O2/c1-15-9-6(3-2-4-7(9)11)8-5-12-10(14)13-8/h2-4,8H,5H2,1H3,(H2,12,13,14)/t8-/m1/s1. The molecule has 2 N–H and O–H groups in total. The number of methoxy groups -OCH3 is 1. The van der Waals surface area contributed by atoms with Gasteiger partial charge in [-0.2, -0.15) is 0 Å². The Hall–Kier alpha value is -1.78. The number of carbonyl (C=O) groups is 1. The summed E-state index contributed by atoms with van der Waals surface area (Å²) in [5.74, 6) is -0.234. The number of benzene rings is 1. The molecule has 1 aromatic rings. The topological polar surface area (TPSA) is 50.4 Å². The van der Waals surface area contributed by atoms with E-state index in [1.54, 1.807) is 12.1 Å². The fourth-order valence-electron chi connectivity index (χ4n) is 1.66. The Bertz CT molecular complexity index is 395. The van der Waals surface area contributed by atoms with Crippen LogP contribution >= 0.6 is 0 Å². The first-order valence-corrected chi connectivity index (χ1v) is 4.59. The fourth-order valence-corrected chi connectivity index (χ4v) is 1.66. The third kappa shape index (κ3) is 1.72. The number of rotatable bonds is 2. The maximum absolute atomic E-state index is 13.3. The lowest BCUT2D eigenvalue weighted by molar-refractivity contribution is 0.247. The molecular formula is C10H11FN2O2. The van der Waals surface area contributed by atoms with E-state index in [9.17, 15) is 9.18 Å². The van der Waals surface area contributed by atoms with Crippen molar-refractivity contribution in [3.8, 4) is 5.75 Å². The minimum Gasteiger partial charge on any atom is -0.493 e. The van der Waals surface area contributed by atoms with Crippen molar-refractivity contribution in [2.45, 2.75) is 6.04 Å². The quantitative estimate of drug-likeness (QED) is 0.770. The van der Waals surface area contributed by atoms with E-state index < -0.39 is 5.82 Å². The van der Waals surface area contributed by atoms with E-state index in [0.717, 1.165) is 0 Å². The van der Waals surface area contributed by atoms with Crippen LogP contribution in [0.1, 0.15) is 11.6 Å². The smallest absolute Gasteiger partial charge is 0.315 e. The summed E-state index contributed by atoms with van der Waals surface area (Å²) in [5.41, 5.74) is 0.649. The van der Waals surface area contributed by atoms with Gasteiger partial charge in [0.2, 0.25) is 0 Å². The number of hydrogen-bond acceptors (Lipinski definition) is 2. The molecule has 0 bridgehead atoms. The number of ether oxygens (including phenoxy) is 1. The average Bonchev–Trinajstić information content (AvgIpc) is 2.64. The monoisotopic (exact) mass is 210 g/mol. The molecule has 1 aliphatic rings. The molecule has 1 fully saturated rings. The summed E-state index contributed by atoms with van der Waals surface area (Å²) in [6.07, 6.45) is 0. The van der Waals surface area contributed by atoms with Crippen molar-refractivity contribution < 1.29 is 13.9 Å². The SMILES string of the molecule is COc1c(F)cccc1[C@H]1CNC(=O)N1. The van der Waals surface area contributed by atoms with E-state index in [0.29, 0.717) is 12.1 Å². The molecule has 1 heterocycles. The lowest BCUT2D eigenvalue weighted by Gasteiger charge is -2.13. The maximum Gasteiger partial charge on any atom is 0.315 e. The highest BCUT2D eigenvalue weighted by Gasteiger charge is 2.25. The summed E-state index contributed by atoms with van der Waals surface area (Å²) in [5, 5.41) is 5.29. The zero-order valence-corrected chi connectivity index (χ0v) is 8.21. The molecule has 0 saturated carbocycles. The zero-order valence-electron chi connectivity index (χ0n) is 8.21. The van der Waals surface area contributed by atoms with E-state index in [1.165, 1.54) is 13.2 Å². The molecule has 0 aliphatic carbocycles. The van der Waals surface area contributed by atoms with Crippen LogP contribution < -0.4 is 15.4 Å². The minimum absolute atomic E-state index is 0.187. The summed E-state index contributed by atoms with van der Waals surface area (Å²) in [7, 11) is 1.41. The van der Waals surface area contributed by atoms with E-state index in [2.05, 4.69) is 10.6 Å². The number of nitrogens with one attached hydrogen (secondary N) is 2. The molecule has 0 radical (unpaired) electrons. The van der Waals surface area contributed by atoms with E-state index in [-0.39, 0.29) is 17.8 Å². The number of halogens is 1. The molecule has 15 heavy (non-hydrogen) atoms. The first-order chi connectivity index (χ1) is 7.22. The number of urea groups is 1. The molecule has 1 atom stereocenters. The Morgan fingerprint density at radius 1 is 1.53 bits per heavy atom. The van der Waals surface area contributed by atoms with Crippen LogP contribution in [0.4, 0.5) is 9.18 Å². The zero-order chi connectivity index (χ0) is 10.8. The third-order valence-corrected chi connectivity index (χ3v) is 2.35. The van der Waals surface area contributed by atoms with Gasteiger partial charge >= 0.3 is 6.03 Å². The van der Waals surface area contributed by atoms with Gasteiger partial charge in [0.15, 0.2) is 11.6 Å². The van der Waals surface area contributed by atoms with Crippen LogP contribution in [0, 0.1) is 5.82 Å². The van der Waals surface area contributed by atoms with Gasteiger partial charge in [0.1, 0.15) is 0 Å². The van der Waals surface area contributed by atoms with E-state index in [4.69, 9.17) is 4.74 Å². The summed E-state index contributed by atoms with van der Waals surface area (Å²) < 4.78 is 18.3. The van der Waals surface area contributed by atoms with Gasteiger partial charge in [0.25, 0.3) is 0 Å². The third-order valence-electron chi connectivity index (χ3n) is 2.35. The largest absolute Gasteiger partial charge is 0.493 e. The predicted molar refractivity (Wildman–Crippen MR) is 52.2 cm³/mol. The highest BCUT2D eigenvalue weighted by Crippen LogP contribution is 2.28. The molecule has 0 unspecified atom stereocenters. The van der Waals surface area contributed by atoms with Crippen LogP contribution in [0.2, 0.25) is 0 Å². The minimum atomic E-state index is -0.420. The van der Waals surface area contributed by atoms with Crippen molar-refractivity contribution in [2.75, 3.05) is 13.7 Å². The molecule has 1 saturated heterocycles. The molecule has 0 aromatic heterocycles. The number of carbonyl (C=O) groups excluding carboxylic acids is 1. The van der Waals surface area contributed by atoms with Crippen LogP contribution in [0.5, 0.6) is 5.75 Å². The molecule has 2 amide bonds. The second-order valence-corrected chi connectivity index (χ2v) is 3.27. The summed E-state index contributed by atoms with van der Waals surface area (Å²) in [4.78, 5) is 11.0. The molecule has 80 valence electrons. The summed E-state index contributed by atoms with van der Waals surface area (Å²) >= 11 is 0. The van der Waals surface area contributed by atoms with Crippen molar-refractivity contribution in [3.63, 3.8) is 0 Å². The molecular weight excluding hydrogens is 199 g/mol. The van der Waals surface area contributed by atoms with E-state index in [1.807, 2.05) is 0 Å². The number of amides is 2. The van der Waals surface area contributed by atoms with Crippen molar-refractivity contribution in [3.05, 3.63) is 29.6 Å². The van der Waals surface area contributed by atoms with Crippen molar-refractivity contribution in [1.29, 1.82) is 0 Å². The lowest BCUT2D eigenvalue weighted by atomic mass is 10.1. The van der Waals surface area contributed by atoms with Crippen LogP contribution in [-0.2, 0) is 0 Å². The van der Waals surface area contributed by atoms with Crippen molar-refractivity contribution >= 4 is 6.03 Å². The van der Waals surface area contributed by atoms with Gasteiger partial charge in [-0.05, 0) is 6.07 Å². The Kier molecular flexibility index (Phi) is 2.45. The Morgan fingerprint density at radius 2 is 2.33 bits per heavy atom. The van der Waals surface area contributed by atoms with Crippen LogP contribution in [0.15, 0.2) is 18.2 Å². The van der Waals surface area contributed by atoms with Crippen molar-refractivity contribution in [2.24, 2.45) is 0 Å². The van der Waals surface area contributed by atoms with Crippen molar-refractivity contribution in [1.82, 2.24) is 10.6 Å². The Balaban J connectivity index is 2.35. The highest BCUT2D eigenvalue weighted by atomic mass is 19.1. The van der Waals surface area contributed by atoms with Gasteiger partial charge < -0.3 is 15.4 Å². The molecule has 4 nitrogen and oxygen atoms in total. The first-order valence-electron chi connectivity index (χ1n) is 4.59. The Morgan fingerprint density at radius 3 is 2.93 bits per heavy atom. The van der Waals surface area contributed by atoms with Gasteiger partial charge in [-0.25, -0.2) is 9.18 Å². The fraction of sp³-hybridized carbons (Fsp3) is 0.300. The van der Waals surface area contributed by atoms with Crippen LogP contribution in [0.25, 0.3) is 0 Å². The molecule has 1 aliphatic heterocycles. The van der Waals surface area contributed by atoms with Crippen LogP contribution in [-0.4, -0.2) is 19.7 Å². The first kappa shape index (κ1) is 9.76. The molecule has 1 aromatic carbocycles. The Labute approximate surface area is 86.4 Å². The van der Waals surface area contributed by atoms with Crippen LogP contribution in [0.3, 0.4) is 0 Å². The van der Waals surface area contributed by atoms with Gasteiger partial charge in [-0.15, -0.1) is 0 Å². The van der Waals surface area contributed by atoms with Gasteiger partial charge in [0, 0.05) is 12.1 Å². The summed E-state index contributed by atoms with van der Waals surface area (Å²) in [6.45, 7) is 0.443. The maximum atomic E-state index is 13.3. The second-order valence-electron chi connectivity index (χ2n) is 3.27.